The molecule has 2 aromatic rings. The van der Waals surface area contributed by atoms with Gasteiger partial charge in [0, 0.05) is 12.1 Å². The van der Waals surface area contributed by atoms with E-state index < -0.39 is 4.92 Å². The SMILES string of the molecule is CCc1ccc(N2C(=O)C(=Cc3ccc([N+](=O)[O-])cc3)SC2=S)cc1. The van der Waals surface area contributed by atoms with Crippen LogP contribution in [-0.2, 0) is 11.2 Å². The number of carbonyl (C=O) groups excluding carboxylic acids is 1. The molecule has 1 aliphatic rings. The molecule has 0 bridgehead atoms. The van der Waals surface area contributed by atoms with Crippen LogP contribution in [0.5, 0.6) is 0 Å². The zero-order valence-electron chi connectivity index (χ0n) is 13.3. The molecule has 0 radical (unpaired) electrons. The van der Waals surface area contributed by atoms with E-state index >= 15 is 0 Å². The molecule has 1 saturated heterocycles. The molecule has 0 aromatic heterocycles. The Kier molecular flexibility index (Phi) is 4.96. The van der Waals surface area contributed by atoms with Crippen molar-refractivity contribution < 1.29 is 9.72 Å². The van der Waals surface area contributed by atoms with Gasteiger partial charge in [0.2, 0.25) is 0 Å². The predicted molar refractivity (Wildman–Crippen MR) is 105 cm³/mol. The summed E-state index contributed by atoms with van der Waals surface area (Å²) in [6.45, 7) is 2.07. The zero-order chi connectivity index (χ0) is 18.0. The number of thiocarbonyl (C=S) groups is 1. The fourth-order valence-electron chi connectivity index (χ4n) is 2.41. The molecule has 0 N–H and O–H groups in total. The van der Waals surface area contributed by atoms with Gasteiger partial charge < -0.3 is 0 Å². The summed E-state index contributed by atoms with van der Waals surface area (Å²) in [6.07, 6.45) is 2.63. The molecule has 0 saturated carbocycles. The van der Waals surface area contributed by atoms with Gasteiger partial charge in [-0.25, -0.2) is 0 Å². The van der Waals surface area contributed by atoms with E-state index in [2.05, 4.69) is 6.92 Å². The number of nitro benzene ring substituents is 1. The highest BCUT2D eigenvalue weighted by Gasteiger charge is 2.33. The standard InChI is InChI=1S/C18H14N2O3S2/c1-2-12-3-7-14(8-4-12)19-17(21)16(25-18(19)24)11-13-5-9-15(10-6-13)20(22)23/h3-11H,2H2,1H3. The molecule has 5 nitrogen and oxygen atoms in total. The van der Waals surface area contributed by atoms with E-state index in [9.17, 15) is 14.9 Å². The first-order chi connectivity index (χ1) is 12.0. The lowest BCUT2D eigenvalue weighted by molar-refractivity contribution is -0.384. The highest BCUT2D eigenvalue weighted by atomic mass is 32.2. The average Bonchev–Trinajstić information content (AvgIpc) is 2.89. The first-order valence-electron chi connectivity index (χ1n) is 7.61. The third-order valence-electron chi connectivity index (χ3n) is 3.80. The Hall–Kier alpha value is -2.51. The van der Waals surface area contributed by atoms with Crippen LogP contribution in [0.3, 0.4) is 0 Å². The Morgan fingerprint density at radius 3 is 2.36 bits per heavy atom. The minimum atomic E-state index is -0.455. The quantitative estimate of drug-likeness (QED) is 0.342. The maximum absolute atomic E-state index is 12.7. The van der Waals surface area contributed by atoms with E-state index in [0.29, 0.717) is 14.8 Å². The van der Waals surface area contributed by atoms with Gasteiger partial charge >= 0.3 is 0 Å². The van der Waals surface area contributed by atoms with Gasteiger partial charge in [0.1, 0.15) is 0 Å². The smallest absolute Gasteiger partial charge is 0.268 e. The second-order valence-corrected chi connectivity index (χ2v) is 7.06. The van der Waals surface area contributed by atoms with Gasteiger partial charge in [0.25, 0.3) is 11.6 Å². The van der Waals surface area contributed by atoms with Crippen molar-refractivity contribution in [3.63, 3.8) is 0 Å². The minimum Gasteiger partial charge on any atom is -0.268 e. The van der Waals surface area contributed by atoms with Crippen molar-refractivity contribution in [3.05, 3.63) is 74.7 Å². The van der Waals surface area contributed by atoms with Crippen LogP contribution < -0.4 is 4.90 Å². The largest absolute Gasteiger partial charge is 0.270 e. The van der Waals surface area contributed by atoms with Crippen LogP contribution in [0.1, 0.15) is 18.1 Å². The predicted octanol–water partition coefficient (Wildman–Crippen LogP) is 4.56. The molecule has 1 fully saturated rings. The fraction of sp³-hybridized carbons (Fsp3) is 0.111. The van der Waals surface area contributed by atoms with E-state index in [-0.39, 0.29) is 11.6 Å². The van der Waals surface area contributed by atoms with Crippen LogP contribution in [0, 0.1) is 10.1 Å². The number of nitrogens with zero attached hydrogens (tertiary/aromatic N) is 2. The number of aryl methyl sites for hydroxylation is 1. The summed E-state index contributed by atoms with van der Waals surface area (Å²) in [5.74, 6) is -0.183. The molecule has 1 aliphatic heterocycles. The molecule has 0 unspecified atom stereocenters. The Labute approximate surface area is 154 Å². The number of non-ortho nitro benzene ring substituents is 1. The van der Waals surface area contributed by atoms with Gasteiger partial charge in [-0.15, -0.1) is 0 Å². The van der Waals surface area contributed by atoms with Gasteiger partial charge in [0.05, 0.1) is 15.5 Å². The minimum absolute atomic E-state index is 0.0145. The maximum Gasteiger partial charge on any atom is 0.270 e. The van der Waals surface area contributed by atoms with Gasteiger partial charge in [-0.05, 0) is 47.9 Å². The first kappa shape index (κ1) is 17.3. The lowest BCUT2D eigenvalue weighted by Gasteiger charge is -2.14. The molecule has 0 aliphatic carbocycles. The Bertz CT molecular complexity index is 874. The molecule has 126 valence electrons. The van der Waals surface area contributed by atoms with Crippen molar-refractivity contribution >= 4 is 51.7 Å². The Morgan fingerprint density at radius 1 is 1.16 bits per heavy atom. The number of anilines is 1. The summed E-state index contributed by atoms with van der Waals surface area (Å²) in [6, 6.07) is 13.8. The fourth-order valence-corrected chi connectivity index (χ4v) is 3.71. The lowest BCUT2D eigenvalue weighted by Crippen LogP contribution is -2.27. The maximum atomic E-state index is 12.7. The summed E-state index contributed by atoms with van der Waals surface area (Å²) in [4.78, 5) is 25.0. The highest BCUT2D eigenvalue weighted by Crippen LogP contribution is 2.36. The summed E-state index contributed by atoms with van der Waals surface area (Å²) in [5, 5.41) is 10.7. The number of amides is 1. The van der Waals surface area contributed by atoms with Gasteiger partial charge in [-0.2, -0.15) is 0 Å². The number of rotatable bonds is 4. The zero-order valence-corrected chi connectivity index (χ0v) is 15.0. The number of hydrogen-bond acceptors (Lipinski definition) is 5. The Balaban J connectivity index is 1.85. The molecule has 25 heavy (non-hydrogen) atoms. The number of carbonyl (C=O) groups is 1. The van der Waals surface area contributed by atoms with Crippen molar-refractivity contribution in [2.24, 2.45) is 0 Å². The van der Waals surface area contributed by atoms with Gasteiger partial charge in [0.15, 0.2) is 4.32 Å². The van der Waals surface area contributed by atoms with Crippen molar-refractivity contribution in [2.45, 2.75) is 13.3 Å². The van der Waals surface area contributed by atoms with E-state index in [0.717, 1.165) is 12.1 Å². The molecule has 0 spiro atoms. The molecule has 2 aromatic carbocycles. The van der Waals surface area contributed by atoms with E-state index in [4.69, 9.17) is 12.2 Å². The second kappa shape index (κ2) is 7.16. The molecule has 1 heterocycles. The molecule has 0 atom stereocenters. The van der Waals surface area contributed by atoms with E-state index in [1.807, 2.05) is 24.3 Å². The van der Waals surface area contributed by atoms with Gasteiger partial charge in [-0.1, -0.05) is 43.0 Å². The monoisotopic (exact) mass is 370 g/mol. The van der Waals surface area contributed by atoms with E-state index in [1.165, 1.54) is 34.4 Å². The van der Waals surface area contributed by atoms with Crippen LogP contribution >= 0.6 is 24.0 Å². The van der Waals surface area contributed by atoms with Crippen LogP contribution in [-0.4, -0.2) is 15.2 Å². The molecular weight excluding hydrogens is 356 g/mol. The third kappa shape index (κ3) is 3.62. The van der Waals surface area contributed by atoms with Crippen molar-refractivity contribution in [3.8, 4) is 0 Å². The molecule has 7 heteroatoms. The van der Waals surface area contributed by atoms with Crippen molar-refractivity contribution in [1.29, 1.82) is 0 Å². The highest BCUT2D eigenvalue weighted by molar-refractivity contribution is 8.27. The first-order valence-corrected chi connectivity index (χ1v) is 8.83. The second-order valence-electron chi connectivity index (χ2n) is 5.39. The number of benzene rings is 2. The molecule has 3 rings (SSSR count). The normalized spacial score (nSPS) is 15.9. The topological polar surface area (TPSA) is 63.5 Å². The van der Waals surface area contributed by atoms with Crippen LogP contribution in [0.2, 0.25) is 0 Å². The van der Waals surface area contributed by atoms with Crippen molar-refractivity contribution in [1.82, 2.24) is 0 Å². The average molecular weight is 370 g/mol. The van der Waals surface area contributed by atoms with Crippen LogP contribution in [0.25, 0.3) is 6.08 Å². The van der Waals surface area contributed by atoms with Crippen LogP contribution in [0.15, 0.2) is 53.4 Å². The number of nitro groups is 1. The number of hydrogen-bond donors (Lipinski definition) is 0. The molecule has 1 amide bonds. The molecular formula is C18H14N2O3S2. The summed E-state index contributed by atoms with van der Waals surface area (Å²) < 4.78 is 0.474. The summed E-state index contributed by atoms with van der Waals surface area (Å²) in [5.41, 5.74) is 2.66. The van der Waals surface area contributed by atoms with Gasteiger partial charge in [-0.3, -0.25) is 19.8 Å². The lowest BCUT2D eigenvalue weighted by atomic mass is 10.1. The number of thioether (sulfide) groups is 1. The van der Waals surface area contributed by atoms with Crippen molar-refractivity contribution in [2.75, 3.05) is 4.90 Å². The van der Waals surface area contributed by atoms with E-state index in [1.54, 1.807) is 18.2 Å². The third-order valence-corrected chi connectivity index (χ3v) is 5.10. The summed E-state index contributed by atoms with van der Waals surface area (Å²) >= 11 is 6.57. The Morgan fingerprint density at radius 2 is 1.80 bits per heavy atom. The van der Waals surface area contributed by atoms with Crippen LogP contribution in [0.4, 0.5) is 11.4 Å². The summed E-state index contributed by atoms with van der Waals surface area (Å²) in [7, 11) is 0.